The van der Waals surface area contributed by atoms with E-state index in [-0.39, 0.29) is 24.3 Å². The van der Waals surface area contributed by atoms with Crippen molar-refractivity contribution >= 4 is 11.7 Å². The number of hydrogen-bond donors (Lipinski definition) is 1. The maximum absolute atomic E-state index is 11.9. The van der Waals surface area contributed by atoms with E-state index in [0.29, 0.717) is 6.61 Å². The lowest BCUT2D eigenvalue weighted by molar-refractivity contribution is -0.218. The van der Waals surface area contributed by atoms with Crippen molar-refractivity contribution in [3.05, 3.63) is 0 Å². The number of cyclic esters (lactones) is 1. The summed E-state index contributed by atoms with van der Waals surface area (Å²) in [7, 11) is 0. The van der Waals surface area contributed by atoms with Crippen LogP contribution in [0.15, 0.2) is 5.16 Å². The molecule has 5 fully saturated rings. The highest BCUT2D eigenvalue weighted by Crippen LogP contribution is 2.47. The average Bonchev–Trinajstić information content (AvgIpc) is 3.39. The smallest absolute Gasteiger partial charge is 0.356 e. The highest BCUT2D eigenvalue weighted by Gasteiger charge is 2.58. The van der Waals surface area contributed by atoms with Crippen LogP contribution < -0.4 is 0 Å². The normalized spacial score (nSPS) is 41.1. The molecule has 2 saturated carbocycles. The molecule has 28 heavy (non-hydrogen) atoms. The Labute approximate surface area is 164 Å². The zero-order valence-electron chi connectivity index (χ0n) is 16.1. The molecule has 5 aliphatic rings. The largest absolute Gasteiger partial charge is 0.454 e. The molecule has 0 bridgehead atoms. The van der Waals surface area contributed by atoms with Gasteiger partial charge in [0.25, 0.3) is 0 Å². The molecule has 3 heterocycles. The topological polar surface area (TPSA) is 95.8 Å². The molecule has 3 saturated heterocycles. The molecule has 0 aromatic heterocycles. The van der Waals surface area contributed by atoms with E-state index in [2.05, 4.69) is 5.16 Å². The second-order valence-electron chi connectivity index (χ2n) is 8.77. The molecule has 0 aromatic carbocycles. The standard InChI is InChI=1S/C20H29NO7/c22-18-13(21-23)11-14(25-18)16-17(28-20(27-16)9-5-2-6-10-20)15-12-24-19(26-15)7-3-1-4-8-19/h14-17,23H,1-12H2/b21-13-/t14-,15+,16+,17+/m0/s1. The molecule has 2 aliphatic carbocycles. The summed E-state index contributed by atoms with van der Waals surface area (Å²) in [6.45, 7) is 0.461. The molecule has 5 rings (SSSR count). The summed E-state index contributed by atoms with van der Waals surface area (Å²) >= 11 is 0. The van der Waals surface area contributed by atoms with E-state index in [1.54, 1.807) is 0 Å². The van der Waals surface area contributed by atoms with E-state index in [4.69, 9.17) is 28.9 Å². The second kappa shape index (κ2) is 7.23. The maximum atomic E-state index is 11.9. The monoisotopic (exact) mass is 395 g/mol. The van der Waals surface area contributed by atoms with Gasteiger partial charge >= 0.3 is 5.97 Å². The highest BCUT2D eigenvalue weighted by atomic mass is 16.8. The SMILES string of the molecule is O=C1O[C@H]([C@H]2OC3(CCCCC3)O[C@@H]2[C@H]2COC3(CCCCC3)O2)C/C1=N/O. The summed E-state index contributed by atoms with van der Waals surface area (Å²) in [5, 5.41) is 12.1. The molecule has 4 atom stereocenters. The first-order valence-electron chi connectivity index (χ1n) is 10.7. The lowest BCUT2D eigenvalue weighted by atomic mass is 9.94. The fourth-order valence-corrected chi connectivity index (χ4v) is 5.44. The Morgan fingerprint density at radius 3 is 2.04 bits per heavy atom. The van der Waals surface area contributed by atoms with Crippen molar-refractivity contribution in [2.75, 3.05) is 6.61 Å². The van der Waals surface area contributed by atoms with Crippen LogP contribution in [0.4, 0.5) is 0 Å². The first kappa shape index (κ1) is 18.8. The van der Waals surface area contributed by atoms with Crippen molar-refractivity contribution in [1.82, 2.24) is 0 Å². The van der Waals surface area contributed by atoms with Crippen molar-refractivity contribution in [1.29, 1.82) is 0 Å². The number of carbonyl (C=O) groups excluding carboxylic acids is 1. The fourth-order valence-electron chi connectivity index (χ4n) is 5.44. The number of nitrogens with zero attached hydrogens (tertiary/aromatic N) is 1. The van der Waals surface area contributed by atoms with E-state index in [9.17, 15) is 4.79 Å². The van der Waals surface area contributed by atoms with Gasteiger partial charge in [0, 0.05) is 32.1 Å². The van der Waals surface area contributed by atoms with E-state index in [0.717, 1.165) is 51.4 Å². The molecule has 3 aliphatic heterocycles. The van der Waals surface area contributed by atoms with Gasteiger partial charge in [-0.05, 0) is 25.7 Å². The minimum absolute atomic E-state index is 0.0317. The maximum Gasteiger partial charge on any atom is 0.356 e. The van der Waals surface area contributed by atoms with Gasteiger partial charge in [-0.3, -0.25) is 0 Å². The van der Waals surface area contributed by atoms with E-state index in [1.807, 2.05) is 0 Å². The zero-order valence-corrected chi connectivity index (χ0v) is 16.1. The third-order valence-electron chi connectivity index (χ3n) is 6.88. The Balaban J connectivity index is 1.37. The highest BCUT2D eigenvalue weighted by molar-refractivity contribution is 6.38. The van der Waals surface area contributed by atoms with Gasteiger partial charge in [0.1, 0.15) is 24.4 Å². The van der Waals surface area contributed by atoms with Crippen LogP contribution in [0.3, 0.4) is 0 Å². The minimum atomic E-state index is -0.634. The third-order valence-corrected chi connectivity index (χ3v) is 6.88. The quantitative estimate of drug-likeness (QED) is 0.436. The van der Waals surface area contributed by atoms with Crippen LogP contribution in [0.1, 0.15) is 70.6 Å². The van der Waals surface area contributed by atoms with Gasteiger partial charge in [0.15, 0.2) is 17.3 Å². The summed E-state index contributed by atoms with van der Waals surface area (Å²) in [6.07, 6.45) is 8.83. The van der Waals surface area contributed by atoms with Crippen LogP contribution in [0.25, 0.3) is 0 Å². The molecule has 8 nitrogen and oxygen atoms in total. The zero-order chi connectivity index (χ0) is 19.2. The van der Waals surface area contributed by atoms with Crippen LogP contribution in [-0.2, 0) is 28.5 Å². The molecule has 0 amide bonds. The fraction of sp³-hybridized carbons (Fsp3) is 0.900. The van der Waals surface area contributed by atoms with Crippen molar-refractivity contribution in [2.24, 2.45) is 5.16 Å². The summed E-state index contributed by atoms with van der Waals surface area (Å²) in [5.41, 5.74) is 0.0317. The van der Waals surface area contributed by atoms with Crippen LogP contribution in [-0.4, -0.2) is 59.5 Å². The van der Waals surface area contributed by atoms with Gasteiger partial charge in [-0.1, -0.05) is 18.0 Å². The van der Waals surface area contributed by atoms with Crippen molar-refractivity contribution in [3.63, 3.8) is 0 Å². The summed E-state index contributed by atoms with van der Waals surface area (Å²) < 4.78 is 31.0. The van der Waals surface area contributed by atoms with Crippen molar-refractivity contribution in [3.8, 4) is 0 Å². The van der Waals surface area contributed by atoms with E-state index >= 15 is 0 Å². The molecule has 0 aromatic rings. The van der Waals surface area contributed by atoms with Gasteiger partial charge < -0.3 is 28.9 Å². The number of carbonyl (C=O) groups is 1. The van der Waals surface area contributed by atoms with Crippen LogP contribution >= 0.6 is 0 Å². The molecule has 0 radical (unpaired) electrons. The summed E-state index contributed by atoms with van der Waals surface area (Å²) in [4.78, 5) is 11.9. The van der Waals surface area contributed by atoms with Crippen LogP contribution in [0.5, 0.6) is 0 Å². The van der Waals surface area contributed by atoms with Gasteiger partial charge in [-0.25, -0.2) is 4.79 Å². The van der Waals surface area contributed by atoms with Gasteiger partial charge in [-0.2, -0.15) is 0 Å². The van der Waals surface area contributed by atoms with Crippen molar-refractivity contribution < 1.29 is 33.7 Å². The molecule has 2 spiro atoms. The molecule has 0 unspecified atom stereocenters. The first-order valence-corrected chi connectivity index (χ1v) is 10.7. The Hall–Kier alpha value is -1.22. The lowest BCUT2D eigenvalue weighted by Gasteiger charge is -2.33. The number of rotatable bonds is 2. The Morgan fingerprint density at radius 2 is 1.43 bits per heavy atom. The van der Waals surface area contributed by atoms with Gasteiger partial charge in [0.2, 0.25) is 0 Å². The predicted octanol–water partition coefficient (Wildman–Crippen LogP) is 2.65. The Kier molecular flexibility index (Phi) is 4.85. The number of oxime groups is 1. The molecule has 1 N–H and O–H groups in total. The first-order chi connectivity index (χ1) is 13.6. The summed E-state index contributed by atoms with van der Waals surface area (Å²) in [5.74, 6) is -1.72. The van der Waals surface area contributed by atoms with Gasteiger partial charge in [-0.15, -0.1) is 0 Å². The number of ether oxygens (including phenoxy) is 5. The molecular weight excluding hydrogens is 366 g/mol. The average molecular weight is 395 g/mol. The summed E-state index contributed by atoms with van der Waals surface area (Å²) in [6, 6.07) is 0. The Morgan fingerprint density at radius 1 is 0.821 bits per heavy atom. The van der Waals surface area contributed by atoms with Crippen molar-refractivity contribution in [2.45, 2.75) is 107 Å². The number of hydrogen-bond acceptors (Lipinski definition) is 8. The molecule has 156 valence electrons. The molecular formula is C20H29NO7. The number of esters is 1. The predicted molar refractivity (Wildman–Crippen MR) is 95.9 cm³/mol. The third kappa shape index (κ3) is 3.24. The lowest BCUT2D eigenvalue weighted by Crippen LogP contribution is -2.44. The van der Waals surface area contributed by atoms with Crippen LogP contribution in [0, 0.1) is 0 Å². The Bertz CT molecular complexity index is 638. The van der Waals surface area contributed by atoms with Crippen LogP contribution in [0.2, 0.25) is 0 Å². The van der Waals surface area contributed by atoms with E-state index in [1.165, 1.54) is 12.8 Å². The van der Waals surface area contributed by atoms with E-state index < -0.39 is 29.8 Å². The minimum Gasteiger partial charge on any atom is -0.454 e. The molecule has 8 heteroatoms. The van der Waals surface area contributed by atoms with Gasteiger partial charge in [0.05, 0.1) is 6.61 Å². The second-order valence-corrected chi connectivity index (χ2v) is 8.77.